The number of carbonyl (C=O) groups is 1. The minimum Gasteiger partial charge on any atom is -0.304 e. The molecular formula is C17H15N5O3S2. The molecule has 1 aromatic carbocycles. The predicted octanol–water partition coefficient (Wildman–Crippen LogP) is 2.29. The van der Waals surface area contributed by atoms with E-state index in [0.29, 0.717) is 17.0 Å². The molecule has 10 heteroatoms. The maximum Gasteiger partial charge on any atom is 0.276 e. The van der Waals surface area contributed by atoms with Crippen LogP contribution in [-0.2, 0) is 10.0 Å². The number of amides is 1. The van der Waals surface area contributed by atoms with Crippen LogP contribution < -0.4 is 10.0 Å². The van der Waals surface area contributed by atoms with Crippen LogP contribution in [0.4, 0.5) is 5.82 Å². The first-order valence-electron chi connectivity index (χ1n) is 8.17. The summed E-state index contributed by atoms with van der Waals surface area (Å²) in [6.45, 7) is 0. The molecule has 1 aliphatic carbocycles. The highest BCUT2D eigenvalue weighted by atomic mass is 32.2. The number of hydrogen-bond acceptors (Lipinski definition) is 7. The normalized spacial score (nSPS) is 14.1. The van der Waals surface area contributed by atoms with Gasteiger partial charge in [0.15, 0.2) is 5.82 Å². The molecule has 2 N–H and O–H groups in total. The molecule has 4 rings (SSSR count). The standard InChI is InChI=1S/C17H15N5O3S2/c23-17(15-9-26-10-18-15)19-16-7-6-14(20-21-16)11-2-1-3-13(8-11)27(24,25)22-12-4-5-12/h1-3,6-10,12,22H,4-5H2,(H,19,21,23). The van der Waals surface area contributed by atoms with Crippen molar-refractivity contribution >= 4 is 33.1 Å². The molecule has 27 heavy (non-hydrogen) atoms. The summed E-state index contributed by atoms with van der Waals surface area (Å²) in [5.41, 5.74) is 3.01. The Morgan fingerprint density at radius 2 is 2.00 bits per heavy atom. The summed E-state index contributed by atoms with van der Waals surface area (Å²) in [6, 6.07) is 9.84. The lowest BCUT2D eigenvalue weighted by molar-refractivity contribution is 0.102. The molecular weight excluding hydrogens is 386 g/mol. The van der Waals surface area contributed by atoms with E-state index >= 15 is 0 Å². The molecule has 0 bridgehead atoms. The van der Waals surface area contributed by atoms with Crippen molar-refractivity contribution in [3.05, 3.63) is 53.0 Å². The molecule has 0 saturated heterocycles. The van der Waals surface area contributed by atoms with Gasteiger partial charge in [-0.2, -0.15) is 0 Å². The first-order chi connectivity index (χ1) is 13.0. The Morgan fingerprint density at radius 1 is 1.15 bits per heavy atom. The van der Waals surface area contributed by atoms with E-state index in [-0.39, 0.29) is 22.7 Å². The van der Waals surface area contributed by atoms with E-state index in [1.807, 2.05) is 0 Å². The quantitative estimate of drug-likeness (QED) is 0.655. The van der Waals surface area contributed by atoms with Crippen LogP contribution in [0.5, 0.6) is 0 Å². The van der Waals surface area contributed by atoms with Crippen molar-refractivity contribution in [1.82, 2.24) is 19.9 Å². The molecule has 1 fully saturated rings. The summed E-state index contributed by atoms with van der Waals surface area (Å²) < 4.78 is 27.4. The van der Waals surface area contributed by atoms with Crippen molar-refractivity contribution in [2.45, 2.75) is 23.8 Å². The van der Waals surface area contributed by atoms with Gasteiger partial charge in [0.25, 0.3) is 5.91 Å². The summed E-state index contributed by atoms with van der Waals surface area (Å²) in [6.07, 6.45) is 1.75. The molecule has 1 aliphatic rings. The van der Waals surface area contributed by atoms with Crippen LogP contribution in [0.1, 0.15) is 23.3 Å². The number of hydrogen-bond donors (Lipinski definition) is 2. The minimum absolute atomic E-state index is 0.0408. The van der Waals surface area contributed by atoms with E-state index in [2.05, 4.69) is 25.2 Å². The Balaban J connectivity index is 1.52. The van der Waals surface area contributed by atoms with Crippen LogP contribution in [-0.4, -0.2) is 35.5 Å². The van der Waals surface area contributed by atoms with Crippen LogP contribution in [0.3, 0.4) is 0 Å². The molecule has 138 valence electrons. The second-order valence-corrected chi connectivity index (χ2v) is 8.49. The van der Waals surface area contributed by atoms with Gasteiger partial charge >= 0.3 is 0 Å². The Hall–Kier alpha value is -2.69. The van der Waals surface area contributed by atoms with E-state index in [0.717, 1.165) is 12.8 Å². The zero-order valence-corrected chi connectivity index (χ0v) is 15.6. The number of anilines is 1. The van der Waals surface area contributed by atoms with Gasteiger partial charge in [-0.3, -0.25) is 4.79 Å². The third kappa shape index (κ3) is 4.18. The van der Waals surface area contributed by atoms with E-state index in [4.69, 9.17) is 0 Å². The summed E-state index contributed by atoms with van der Waals surface area (Å²) in [5.74, 6) is -0.0755. The first kappa shape index (κ1) is 17.7. The lowest BCUT2D eigenvalue weighted by Gasteiger charge is -2.08. The van der Waals surface area contributed by atoms with E-state index in [1.54, 1.807) is 47.3 Å². The maximum atomic E-state index is 12.4. The summed E-state index contributed by atoms with van der Waals surface area (Å²) in [4.78, 5) is 16.1. The Labute approximate surface area is 159 Å². The number of rotatable bonds is 6. The lowest BCUT2D eigenvalue weighted by Crippen LogP contribution is -2.25. The van der Waals surface area contributed by atoms with Crippen LogP contribution >= 0.6 is 11.3 Å². The number of aromatic nitrogens is 3. The fourth-order valence-electron chi connectivity index (χ4n) is 2.37. The molecule has 8 nitrogen and oxygen atoms in total. The average molecular weight is 401 g/mol. The van der Waals surface area contributed by atoms with Crippen LogP contribution in [0.15, 0.2) is 52.2 Å². The zero-order chi connectivity index (χ0) is 18.9. The van der Waals surface area contributed by atoms with Gasteiger partial charge in [0.05, 0.1) is 16.1 Å². The molecule has 2 heterocycles. The lowest BCUT2D eigenvalue weighted by atomic mass is 10.1. The van der Waals surface area contributed by atoms with Gasteiger partial charge < -0.3 is 5.32 Å². The monoisotopic (exact) mass is 401 g/mol. The Bertz CT molecular complexity index is 1060. The highest BCUT2D eigenvalue weighted by Gasteiger charge is 2.28. The largest absolute Gasteiger partial charge is 0.304 e. The molecule has 0 radical (unpaired) electrons. The van der Waals surface area contributed by atoms with E-state index in [9.17, 15) is 13.2 Å². The highest BCUT2D eigenvalue weighted by molar-refractivity contribution is 7.89. The topological polar surface area (TPSA) is 114 Å². The van der Waals surface area contributed by atoms with Crippen molar-refractivity contribution in [2.24, 2.45) is 0 Å². The van der Waals surface area contributed by atoms with Crippen molar-refractivity contribution in [2.75, 3.05) is 5.32 Å². The molecule has 2 aromatic heterocycles. The Kier molecular flexibility index (Phi) is 4.68. The molecule has 3 aromatic rings. The number of nitrogens with one attached hydrogen (secondary N) is 2. The number of carbonyl (C=O) groups excluding carboxylic acids is 1. The first-order valence-corrected chi connectivity index (χ1v) is 10.6. The van der Waals surface area contributed by atoms with Gasteiger partial charge in [0, 0.05) is 17.0 Å². The predicted molar refractivity (Wildman–Crippen MR) is 101 cm³/mol. The summed E-state index contributed by atoms with van der Waals surface area (Å²) in [7, 11) is -3.54. The van der Waals surface area contributed by atoms with E-state index < -0.39 is 10.0 Å². The van der Waals surface area contributed by atoms with Crippen molar-refractivity contribution in [1.29, 1.82) is 0 Å². The fourth-order valence-corrected chi connectivity index (χ4v) is 4.25. The van der Waals surface area contributed by atoms with Crippen molar-refractivity contribution in [3.8, 4) is 11.3 Å². The molecule has 0 atom stereocenters. The van der Waals surface area contributed by atoms with Crippen molar-refractivity contribution < 1.29 is 13.2 Å². The van der Waals surface area contributed by atoms with Crippen LogP contribution in [0.25, 0.3) is 11.3 Å². The molecule has 1 amide bonds. The number of sulfonamides is 1. The van der Waals surface area contributed by atoms with E-state index in [1.165, 1.54) is 11.3 Å². The number of thiazole rings is 1. The average Bonchev–Trinajstić information content (AvgIpc) is 3.29. The third-order valence-electron chi connectivity index (χ3n) is 3.91. The molecule has 0 aliphatic heterocycles. The SMILES string of the molecule is O=C(Nc1ccc(-c2cccc(S(=O)(=O)NC3CC3)c2)nn1)c1cscn1. The smallest absolute Gasteiger partial charge is 0.276 e. The molecule has 0 spiro atoms. The second-order valence-electron chi connectivity index (χ2n) is 6.06. The summed E-state index contributed by atoms with van der Waals surface area (Å²) in [5, 5.41) is 12.3. The third-order valence-corrected chi connectivity index (χ3v) is 6.02. The summed E-state index contributed by atoms with van der Waals surface area (Å²) >= 11 is 1.33. The van der Waals surface area contributed by atoms with Gasteiger partial charge in [-0.15, -0.1) is 21.5 Å². The maximum absolute atomic E-state index is 12.4. The van der Waals surface area contributed by atoms with Gasteiger partial charge in [-0.1, -0.05) is 12.1 Å². The van der Waals surface area contributed by atoms with Crippen LogP contribution in [0, 0.1) is 0 Å². The van der Waals surface area contributed by atoms with Gasteiger partial charge in [-0.25, -0.2) is 18.1 Å². The van der Waals surface area contributed by atoms with Gasteiger partial charge in [-0.05, 0) is 37.1 Å². The van der Waals surface area contributed by atoms with Crippen molar-refractivity contribution in [3.63, 3.8) is 0 Å². The Morgan fingerprint density at radius 3 is 2.67 bits per heavy atom. The number of benzene rings is 1. The fraction of sp³-hybridized carbons (Fsp3) is 0.176. The molecule has 0 unspecified atom stereocenters. The number of nitrogens with zero attached hydrogens (tertiary/aromatic N) is 3. The van der Waals surface area contributed by atoms with Gasteiger partial charge in [0.2, 0.25) is 10.0 Å². The highest BCUT2D eigenvalue weighted by Crippen LogP contribution is 2.25. The molecule has 1 saturated carbocycles. The minimum atomic E-state index is -3.54. The second kappa shape index (κ2) is 7.14. The van der Waals surface area contributed by atoms with Gasteiger partial charge in [0.1, 0.15) is 5.69 Å². The zero-order valence-electron chi connectivity index (χ0n) is 14.0. The van der Waals surface area contributed by atoms with Crippen LogP contribution in [0.2, 0.25) is 0 Å².